The Morgan fingerprint density at radius 2 is 2.16 bits per heavy atom. The summed E-state index contributed by atoms with van der Waals surface area (Å²) in [6.07, 6.45) is 2.10. The van der Waals surface area contributed by atoms with Gasteiger partial charge in [0.25, 0.3) is 0 Å². The minimum atomic E-state index is -1.02. The number of carbonyl (C=O) groups is 1. The molecule has 0 bridgehead atoms. The lowest BCUT2D eigenvalue weighted by atomic mass is 10.2. The van der Waals surface area contributed by atoms with Crippen molar-refractivity contribution in [3.05, 3.63) is 52.7 Å². The Morgan fingerprint density at radius 1 is 1.37 bits per heavy atom. The molecule has 1 aromatic carbocycles. The Morgan fingerprint density at radius 3 is 2.68 bits per heavy atom. The Kier molecular flexibility index (Phi) is 4.02. The molecule has 0 saturated heterocycles. The number of halogens is 1. The molecule has 2 rings (SSSR count). The molecule has 5 heteroatoms. The van der Waals surface area contributed by atoms with Crippen LogP contribution in [0.25, 0.3) is 0 Å². The number of aromatic carboxylic acids is 1. The number of hydrogen-bond acceptors (Lipinski definition) is 3. The molecule has 0 amide bonds. The first-order valence-corrected chi connectivity index (χ1v) is 6.13. The molecule has 0 atom stereocenters. The number of aromatic nitrogens is 1. The topological polar surface area (TPSA) is 59.4 Å². The maximum Gasteiger partial charge on any atom is 0.337 e. The number of pyridine rings is 1. The Hall–Kier alpha value is -2.07. The summed E-state index contributed by atoms with van der Waals surface area (Å²) in [4.78, 5) is 14.6. The second-order valence-corrected chi connectivity index (χ2v) is 4.31. The molecule has 1 N–H and O–H groups in total. The van der Waals surface area contributed by atoms with Crippen molar-refractivity contribution in [1.29, 1.82) is 0 Å². The first-order valence-electron chi connectivity index (χ1n) is 5.75. The van der Waals surface area contributed by atoms with Gasteiger partial charge in [-0.2, -0.15) is 0 Å². The van der Waals surface area contributed by atoms with Crippen LogP contribution in [0.2, 0.25) is 5.02 Å². The van der Waals surface area contributed by atoms with E-state index in [-0.39, 0.29) is 5.56 Å². The van der Waals surface area contributed by atoms with E-state index in [1.807, 2.05) is 13.0 Å². The summed E-state index contributed by atoms with van der Waals surface area (Å²) < 4.78 is 5.50. The van der Waals surface area contributed by atoms with Crippen molar-refractivity contribution >= 4 is 17.6 Å². The summed E-state index contributed by atoms with van der Waals surface area (Å²) in [7, 11) is 0. The fourth-order valence-electron chi connectivity index (χ4n) is 1.57. The van der Waals surface area contributed by atoms with Crippen molar-refractivity contribution < 1.29 is 14.6 Å². The first kappa shape index (κ1) is 13.4. The smallest absolute Gasteiger partial charge is 0.337 e. The Balaban J connectivity index is 2.16. The van der Waals surface area contributed by atoms with E-state index in [0.717, 1.165) is 12.0 Å². The third-order valence-electron chi connectivity index (χ3n) is 2.61. The van der Waals surface area contributed by atoms with E-state index in [0.29, 0.717) is 16.7 Å². The zero-order valence-electron chi connectivity index (χ0n) is 10.3. The third-order valence-corrected chi connectivity index (χ3v) is 2.96. The molecule has 4 nitrogen and oxygen atoms in total. The van der Waals surface area contributed by atoms with Gasteiger partial charge >= 0.3 is 5.97 Å². The van der Waals surface area contributed by atoms with Gasteiger partial charge in [-0.15, -0.1) is 0 Å². The van der Waals surface area contributed by atoms with E-state index < -0.39 is 5.97 Å². The van der Waals surface area contributed by atoms with Gasteiger partial charge in [-0.1, -0.05) is 24.6 Å². The predicted octanol–water partition coefficient (Wildman–Crippen LogP) is 3.79. The van der Waals surface area contributed by atoms with Crippen LogP contribution in [0.5, 0.6) is 11.6 Å². The zero-order chi connectivity index (χ0) is 13.8. The van der Waals surface area contributed by atoms with E-state index in [4.69, 9.17) is 21.4 Å². The van der Waals surface area contributed by atoms with E-state index in [1.54, 1.807) is 12.1 Å². The van der Waals surface area contributed by atoms with Gasteiger partial charge in [-0.05, 0) is 30.2 Å². The lowest BCUT2D eigenvalue weighted by Crippen LogP contribution is -1.97. The quantitative estimate of drug-likeness (QED) is 0.924. The van der Waals surface area contributed by atoms with E-state index in [1.165, 1.54) is 18.3 Å². The molecular formula is C14H12ClNO3. The highest BCUT2D eigenvalue weighted by Gasteiger charge is 2.05. The fourth-order valence-corrected chi connectivity index (χ4v) is 1.87. The van der Waals surface area contributed by atoms with Crippen LogP contribution in [0, 0.1) is 0 Å². The second-order valence-electron chi connectivity index (χ2n) is 3.90. The van der Waals surface area contributed by atoms with E-state index >= 15 is 0 Å². The van der Waals surface area contributed by atoms with Gasteiger partial charge in [-0.3, -0.25) is 0 Å². The van der Waals surface area contributed by atoms with Crippen LogP contribution in [0.3, 0.4) is 0 Å². The van der Waals surface area contributed by atoms with Crippen LogP contribution in [0.1, 0.15) is 22.8 Å². The van der Waals surface area contributed by atoms with Gasteiger partial charge < -0.3 is 9.84 Å². The van der Waals surface area contributed by atoms with Crippen molar-refractivity contribution in [2.75, 3.05) is 0 Å². The number of rotatable bonds is 4. The lowest BCUT2D eigenvalue weighted by Gasteiger charge is -2.07. The molecule has 0 saturated carbocycles. The van der Waals surface area contributed by atoms with Crippen molar-refractivity contribution in [3.63, 3.8) is 0 Å². The molecule has 1 heterocycles. The normalized spacial score (nSPS) is 10.2. The standard InChI is InChI=1S/C14H12ClNO3/c1-2-9-3-5-11(7-12(9)15)19-13-6-4-10(8-16-13)14(17)18/h3-8H,2H2,1H3,(H,17,18). The summed E-state index contributed by atoms with van der Waals surface area (Å²) >= 11 is 6.08. The SMILES string of the molecule is CCc1ccc(Oc2ccc(C(=O)O)cn2)cc1Cl. The molecule has 0 aliphatic heterocycles. The summed E-state index contributed by atoms with van der Waals surface area (Å²) in [5, 5.41) is 9.40. The highest BCUT2D eigenvalue weighted by Crippen LogP contribution is 2.26. The molecular weight excluding hydrogens is 266 g/mol. The molecule has 0 aliphatic carbocycles. The van der Waals surface area contributed by atoms with Crippen LogP contribution >= 0.6 is 11.6 Å². The van der Waals surface area contributed by atoms with Crippen molar-refractivity contribution in [3.8, 4) is 11.6 Å². The number of nitrogens with zero attached hydrogens (tertiary/aromatic N) is 1. The number of hydrogen-bond donors (Lipinski definition) is 1. The first-order chi connectivity index (χ1) is 9.10. The molecule has 1 aromatic heterocycles. The van der Waals surface area contributed by atoms with Crippen LogP contribution in [0.15, 0.2) is 36.5 Å². The number of ether oxygens (including phenoxy) is 1. The van der Waals surface area contributed by atoms with Crippen LogP contribution in [-0.2, 0) is 6.42 Å². The molecule has 98 valence electrons. The third kappa shape index (κ3) is 3.23. The second kappa shape index (κ2) is 5.71. The largest absolute Gasteiger partial charge is 0.478 e. The van der Waals surface area contributed by atoms with Crippen molar-refractivity contribution in [2.24, 2.45) is 0 Å². The molecule has 0 aliphatic rings. The van der Waals surface area contributed by atoms with Gasteiger partial charge in [0, 0.05) is 17.3 Å². The van der Waals surface area contributed by atoms with Gasteiger partial charge in [0.1, 0.15) is 5.75 Å². The summed E-state index contributed by atoms with van der Waals surface area (Å²) in [6, 6.07) is 8.35. The molecule has 0 radical (unpaired) electrons. The molecule has 0 spiro atoms. The Labute approximate surface area is 115 Å². The van der Waals surface area contributed by atoms with Gasteiger partial charge in [0.15, 0.2) is 0 Å². The maximum atomic E-state index is 10.7. The minimum absolute atomic E-state index is 0.117. The summed E-state index contributed by atoms with van der Waals surface area (Å²) in [6.45, 7) is 2.02. The molecule has 0 fully saturated rings. The monoisotopic (exact) mass is 277 g/mol. The maximum absolute atomic E-state index is 10.7. The number of carboxylic acids is 1. The predicted molar refractivity (Wildman–Crippen MR) is 72.1 cm³/mol. The highest BCUT2D eigenvalue weighted by atomic mass is 35.5. The van der Waals surface area contributed by atoms with Gasteiger partial charge in [-0.25, -0.2) is 9.78 Å². The van der Waals surface area contributed by atoms with Crippen LogP contribution < -0.4 is 4.74 Å². The number of aryl methyl sites for hydroxylation is 1. The van der Waals surface area contributed by atoms with Crippen LogP contribution in [0.4, 0.5) is 0 Å². The summed E-state index contributed by atoms with van der Waals surface area (Å²) in [5.74, 6) is -0.127. The highest BCUT2D eigenvalue weighted by molar-refractivity contribution is 6.31. The van der Waals surface area contributed by atoms with Crippen molar-refractivity contribution in [2.45, 2.75) is 13.3 Å². The average molecular weight is 278 g/mol. The summed E-state index contributed by atoms with van der Waals surface area (Å²) in [5.41, 5.74) is 1.16. The number of benzene rings is 1. The lowest BCUT2D eigenvalue weighted by molar-refractivity contribution is 0.0696. The van der Waals surface area contributed by atoms with Gasteiger partial charge in [0.05, 0.1) is 5.56 Å². The van der Waals surface area contributed by atoms with Gasteiger partial charge in [0.2, 0.25) is 5.88 Å². The number of carboxylic acid groups (broad SMARTS) is 1. The van der Waals surface area contributed by atoms with Crippen LogP contribution in [-0.4, -0.2) is 16.1 Å². The average Bonchev–Trinajstić information content (AvgIpc) is 2.39. The molecule has 0 unspecified atom stereocenters. The van der Waals surface area contributed by atoms with Crippen molar-refractivity contribution in [1.82, 2.24) is 4.98 Å². The molecule has 2 aromatic rings. The van der Waals surface area contributed by atoms with E-state index in [2.05, 4.69) is 4.98 Å². The molecule has 19 heavy (non-hydrogen) atoms. The minimum Gasteiger partial charge on any atom is -0.478 e. The zero-order valence-corrected chi connectivity index (χ0v) is 11.0. The Bertz CT molecular complexity index is 596. The van der Waals surface area contributed by atoms with E-state index in [9.17, 15) is 4.79 Å². The fraction of sp³-hybridized carbons (Fsp3) is 0.143.